The van der Waals surface area contributed by atoms with Crippen LogP contribution in [0.15, 0.2) is 35.5 Å². The fourth-order valence-corrected chi connectivity index (χ4v) is 3.05. The van der Waals surface area contributed by atoms with Gasteiger partial charge < -0.3 is 10.1 Å². The summed E-state index contributed by atoms with van der Waals surface area (Å²) in [6.07, 6.45) is 0. The van der Waals surface area contributed by atoms with Gasteiger partial charge in [-0.1, -0.05) is 23.3 Å². The number of benzene rings is 1. The van der Waals surface area contributed by atoms with E-state index in [0.717, 1.165) is 9.13 Å². The van der Waals surface area contributed by atoms with E-state index in [1.807, 2.05) is 31.2 Å². The van der Waals surface area contributed by atoms with Crippen LogP contribution in [0.25, 0.3) is 0 Å². The first-order valence-electron chi connectivity index (χ1n) is 6.22. The van der Waals surface area contributed by atoms with Crippen molar-refractivity contribution in [2.24, 2.45) is 0 Å². The molecule has 0 radical (unpaired) electrons. The lowest BCUT2D eigenvalue weighted by Gasteiger charge is -2.27. The molecule has 1 aromatic carbocycles. The molecule has 0 bridgehead atoms. The molecule has 1 aromatic heterocycles. The van der Waals surface area contributed by atoms with E-state index in [1.165, 1.54) is 7.11 Å². The standard InChI is InChI=1S/C13H12IN5O2/c1-7-10(12(20)21-2)11(8-5-3-4-6-9(8)14)19-13(15-7)16-17-18-19/h3-6,11H,1-2H3,(H,15,16,18). The van der Waals surface area contributed by atoms with Crippen molar-refractivity contribution in [2.75, 3.05) is 12.4 Å². The Kier molecular flexibility index (Phi) is 3.62. The number of aromatic nitrogens is 4. The Balaban J connectivity index is 2.23. The number of anilines is 1. The van der Waals surface area contributed by atoms with Crippen molar-refractivity contribution in [2.45, 2.75) is 13.0 Å². The first-order valence-corrected chi connectivity index (χ1v) is 7.29. The molecule has 8 heteroatoms. The number of fused-ring (bicyclic) bond motifs is 1. The summed E-state index contributed by atoms with van der Waals surface area (Å²) >= 11 is 2.24. The van der Waals surface area contributed by atoms with Crippen molar-refractivity contribution >= 4 is 34.5 Å². The molecule has 7 nitrogen and oxygen atoms in total. The smallest absolute Gasteiger partial charge is 0.338 e. The highest BCUT2D eigenvalue weighted by Gasteiger charge is 2.35. The molecular formula is C13H12IN5O2. The van der Waals surface area contributed by atoms with E-state index in [0.29, 0.717) is 17.2 Å². The Bertz CT molecular complexity index is 740. The number of carbonyl (C=O) groups excluding carboxylic acids is 1. The van der Waals surface area contributed by atoms with Crippen LogP contribution in [0, 0.1) is 3.57 Å². The molecule has 2 heterocycles. The highest BCUT2D eigenvalue weighted by Crippen LogP contribution is 2.36. The molecule has 3 rings (SSSR count). The Morgan fingerprint density at radius 3 is 2.90 bits per heavy atom. The lowest BCUT2D eigenvalue weighted by molar-refractivity contribution is -0.136. The number of hydrogen-bond donors (Lipinski definition) is 1. The van der Waals surface area contributed by atoms with Crippen LogP contribution in [0.3, 0.4) is 0 Å². The van der Waals surface area contributed by atoms with Gasteiger partial charge in [-0.25, -0.2) is 4.79 Å². The minimum atomic E-state index is -0.406. The van der Waals surface area contributed by atoms with Crippen LogP contribution in [0.5, 0.6) is 0 Å². The Morgan fingerprint density at radius 2 is 2.19 bits per heavy atom. The van der Waals surface area contributed by atoms with Gasteiger partial charge >= 0.3 is 5.97 Å². The summed E-state index contributed by atoms with van der Waals surface area (Å²) in [6.45, 7) is 1.81. The zero-order valence-electron chi connectivity index (χ0n) is 11.4. The molecule has 1 aliphatic rings. The SMILES string of the molecule is COC(=O)C1=C(C)Nc2nnnn2C1c1ccccc1I. The first-order chi connectivity index (χ1) is 10.1. The molecule has 0 amide bonds. The monoisotopic (exact) mass is 397 g/mol. The molecule has 0 saturated carbocycles. The summed E-state index contributed by atoms with van der Waals surface area (Å²) in [6, 6.07) is 7.40. The number of methoxy groups -OCH3 is 1. The van der Waals surface area contributed by atoms with Gasteiger partial charge in [-0.3, -0.25) is 0 Å². The lowest BCUT2D eigenvalue weighted by atomic mass is 9.96. The summed E-state index contributed by atoms with van der Waals surface area (Å²) in [4.78, 5) is 12.2. The van der Waals surface area contributed by atoms with Crippen LogP contribution in [-0.2, 0) is 9.53 Å². The largest absolute Gasteiger partial charge is 0.466 e. The first kappa shape index (κ1) is 14.0. The maximum atomic E-state index is 12.2. The highest BCUT2D eigenvalue weighted by atomic mass is 127. The van der Waals surface area contributed by atoms with Crippen LogP contribution >= 0.6 is 22.6 Å². The van der Waals surface area contributed by atoms with Crippen molar-refractivity contribution in [3.05, 3.63) is 44.7 Å². The van der Waals surface area contributed by atoms with Gasteiger partial charge in [0.1, 0.15) is 6.04 Å². The van der Waals surface area contributed by atoms with Crippen molar-refractivity contribution in [3.8, 4) is 0 Å². The average Bonchev–Trinajstić information content (AvgIpc) is 2.93. The summed E-state index contributed by atoms with van der Waals surface area (Å²) in [5, 5.41) is 14.6. The summed E-state index contributed by atoms with van der Waals surface area (Å²) in [5.74, 6) is 0.107. The van der Waals surface area contributed by atoms with E-state index in [9.17, 15) is 4.79 Å². The number of ether oxygens (including phenoxy) is 1. The maximum absolute atomic E-state index is 12.2. The van der Waals surface area contributed by atoms with Crippen LogP contribution in [-0.4, -0.2) is 33.3 Å². The van der Waals surface area contributed by atoms with Gasteiger partial charge in [-0.05, 0) is 51.6 Å². The second kappa shape index (κ2) is 5.43. The summed E-state index contributed by atoms with van der Waals surface area (Å²) in [5.41, 5.74) is 2.14. The number of nitrogens with zero attached hydrogens (tertiary/aromatic N) is 4. The quantitative estimate of drug-likeness (QED) is 0.614. The molecule has 1 N–H and O–H groups in total. The second-order valence-corrected chi connectivity index (χ2v) is 5.69. The number of rotatable bonds is 2. The molecule has 2 aromatic rings. The van der Waals surface area contributed by atoms with Crippen molar-refractivity contribution in [3.63, 3.8) is 0 Å². The molecule has 1 atom stereocenters. The predicted octanol–water partition coefficient (Wildman–Crippen LogP) is 1.74. The number of allylic oxidation sites excluding steroid dienone is 1. The van der Waals surface area contributed by atoms with E-state index < -0.39 is 12.0 Å². The third-order valence-electron chi connectivity index (χ3n) is 3.32. The van der Waals surface area contributed by atoms with Gasteiger partial charge in [0.25, 0.3) is 0 Å². The van der Waals surface area contributed by atoms with E-state index in [2.05, 4.69) is 43.4 Å². The van der Waals surface area contributed by atoms with E-state index >= 15 is 0 Å². The minimum absolute atomic E-state index is 0.397. The molecule has 0 saturated heterocycles. The minimum Gasteiger partial charge on any atom is -0.466 e. The molecular weight excluding hydrogens is 385 g/mol. The maximum Gasteiger partial charge on any atom is 0.338 e. The summed E-state index contributed by atoms with van der Waals surface area (Å²) in [7, 11) is 1.37. The van der Waals surface area contributed by atoms with Gasteiger partial charge in [0, 0.05) is 9.27 Å². The van der Waals surface area contributed by atoms with E-state index in [1.54, 1.807) is 4.68 Å². The number of carbonyl (C=O) groups is 1. The highest BCUT2D eigenvalue weighted by molar-refractivity contribution is 14.1. The predicted molar refractivity (Wildman–Crippen MR) is 83.5 cm³/mol. The Morgan fingerprint density at radius 1 is 1.43 bits per heavy atom. The number of halogens is 1. The second-order valence-electron chi connectivity index (χ2n) is 4.53. The third kappa shape index (κ3) is 2.28. The molecule has 0 aliphatic carbocycles. The molecule has 1 unspecified atom stereocenters. The van der Waals surface area contributed by atoms with Gasteiger partial charge in [-0.2, -0.15) is 4.68 Å². The summed E-state index contributed by atoms with van der Waals surface area (Å²) < 4.78 is 7.54. The molecule has 0 fully saturated rings. The number of tetrazole rings is 1. The van der Waals surface area contributed by atoms with Crippen LogP contribution in [0.1, 0.15) is 18.5 Å². The zero-order valence-corrected chi connectivity index (χ0v) is 13.5. The van der Waals surface area contributed by atoms with Crippen LogP contribution < -0.4 is 5.32 Å². The van der Waals surface area contributed by atoms with Crippen LogP contribution in [0.4, 0.5) is 5.95 Å². The van der Waals surface area contributed by atoms with Crippen molar-refractivity contribution in [1.82, 2.24) is 20.2 Å². The van der Waals surface area contributed by atoms with Crippen molar-refractivity contribution in [1.29, 1.82) is 0 Å². The van der Waals surface area contributed by atoms with Gasteiger partial charge in [0.2, 0.25) is 5.95 Å². The molecule has 21 heavy (non-hydrogen) atoms. The number of hydrogen-bond acceptors (Lipinski definition) is 6. The van der Waals surface area contributed by atoms with Gasteiger partial charge in [-0.15, -0.1) is 0 Å². The van der Waals surface area contributed by atoms with Crippen molar-refractivity contribution < 1.29 is 9.53 Å². The number of esters is 1. The fourth-order valence-electron chi connectivity index (χ4n) is 2.37. The van der Waals surface area contributed by atoms with Gasteiger partial charge in [0.05, 0.1) is 12.7 Å². The van der Waals surface area contributed by atoms with Gasteiger partial charge in [0.15, 0.2) is 0 Å². The third-order valence-corrected chi connectivity index (χ3v) is 4.30. The molecule has 0 spiro atoms. The Labute approximate surface area is 134 Å². The Hall–Kier alpha value is -1.97. The topological polar surface area (TPSA) is 81.9 Å². The lowest BCUT2D eigenvalue weighted by Crippen LogP contribution is -2.29. The number of nitrogens with one attached hydrogen (secondary N) is 1. The fraction of sp³-hybridized carbons (Fsp3) is 0.231. The van der Waals surface area contributed by atoms with E-state index in [-0.39, 0.29) is 0 Å². The van der Waals surface area contributed by atoms with E-state index in [4.69, 9.17) is 4.74 Å². The molecule has 108 valence electrons. The normalized spacial score (nSPS) is 17.2. The molecule has 1 aliphatic heterocycles. The average molecular weight is 397 g/mol. The zero-order chi connectivity index (χ0) is 15.0. The van der Waals surface area contributed by atoms with Crippen LogP contribution in [0.2, 0.25) is 0 Å².